The summed E-state index contributed by atoms with van der Waals surface area (Å²) in [5, 5.41) is 4.63. The van der Waals surface area contributed by atoms with Crippen molar-refractivity contribution >= 4 is 17.3 Å². The molecule has 0 unspecified atom stereocenters. The average molecular weight is 293 g/mol. The summed E-state index contributed by atoms with van der Waals surface area (Å²) in [7, 11) is 0. The highest BCUT2D eigenvalue weighted by molar-refractivity contribution is 6.00. The highest BCUT2D eigenvalue weighted by Crippen LogP contribution is 2.25. The number of carbonyl (C=O) groups excluding carboxylic acids is 1. The largest absolute Gasteiger partial charge is 0.399 e. The maximum atomic E-state index is 12.9. The minimum absolute atomic E-state index is 0.0173. The van der Waals surface area contributed by atoms with E-state index in [1.54, 1.807) is 6.92 Å². The van der Waals surface area contributed by atoms with Crippen molar-refractivity contribution in [1.82, 2.24) is 5.32 Å². The molecule has 0 saturated carbocycles. The number of carbonyl (C=O) groups is 1. The van der Waals surface area contributed by atoms with Crippen LogP contribution in [0.3, 0.4) is 0 Å². The van der Waals surface area contributed by atoms with Gasteiger partial charge >= 0.3 is 12.3 Å². The Bertz CT molecular complexity index is 480. The Labute approximate surface area is 113 Å². The predicted octanol–water partition coefficient (Wildman–Crippen LogP) is 2.33. The predicted molar refractivity (Wildman–Crippen MR) is 68.3 cm³/mol. The van der Waals surface area contributed by atoms with Gasteiger partial charge in [-0.1, -0.05) is 0 Å². The van der Waals surface area contributed by atoms with Crippen LogP contribution in [-0.4, -0.2) is 31.3 Å². The summed E-state index contributed by atoms with van der Waals surface area (Å²) in [5.74, 6) is -4.70. The summed E-state index contributed by atoms with van der Waals surface area (Å²) in [4.78, 5) is 11.7. The molecule has 0 aromatic heterocycles. The van der Waals surface area contributed by atoms with Crippen LogP contribution in [0.25, 0.3) is 0 Å². The normalized spacial score (nSPS) is 11.5. The van der Waals surface area contributed by atoms with Gasteiger partial charge < -0.3 is 16.4 Å². The lowest BCUT2D eigenvalue weighted by Crippen LogP contribution is -2.35. The third kappa shape index (κ3) is 4.01. The van der Waals surface area contributed by atoms with Crippen LogP contribution in [0.2, 0.25) is 0 Å². The van der Waals surface area contributed by atoms with Crippen LogP contribution in [-0.2, 0) is 0 Å². The lowest BCUT2D eigenvalue weighted by Gasteiger charge is -2.18. The zero-order valence-electron chi connectivity index (χ0n) is 10.7. The Balaban J connectivity index is 2.93. The van der Waals surface area contributed by atoms with E-state index in [1.165, 1.54) is 18.2 Å². The van der Waals surface area contributed by atoms with Gasteiger partial charge in [-0.15, -0.1) is 0 Å². The highest BCUT2D eigenvalue weighted by Gasteiger charge is 2.40. The molecule has 0 aliphatic heterocycles. The second kappa shape index (κ2) is 6.44. The van der Waals surface area contributed by atoms with E-state index in [4.69, 9.17) is 5.73 Å². The van der Waals surface area contributed by atoms with E-state index in [1.807, 2.05) is 0 Å². The topological polar surface area (TPSA) is 67.2 Å². The number of nitrogen functional groups attached to an aromatic ring is 1. The lowest BCUT2D eigenvalue weighted by atomic mass is 10.1. The molecule has 4 N–H and O–H groups in total. The van der Waals surface area contributed by atoms with E-state index < -0.39 is 24.8 Å². The van der Waals surface area contributed by atoms with E-state index in [0.717, 1.165) is 0 Å². The van der Waals surface area contributed by atoms with E-state index in [9.17, 15) is 22.4 Å². The third-order valence-corrected chi connectivity index (χ3v) is 2.46. The SMILES string of the molecule is CCNC(=O)c1ccc(N)cc1NCC(F)(F)C(F)F. The molecule has 8 heteroatoms. The first kappa shape index (κ1) is 16.1. The van der Waals surface area contributed by atoms with Crippen LogP contribution < -0.4 is 16.4 Å². The summed E-state index contributed by atoms with van der Waals surface area (Å²) < 4.78 is 49.9. The number of hydrogen-bond donors (Lipinski definition) is 3. The quantitative estimate of drug-likeness (QED) is 0.557. The van der Waals surface area contributed by atoms with Gasteiger partial charge in [0.25, 0.3) is 5.91 Å². The first-order chi connectivity index (χ1) is 9.27. The van der Waals surface area contributed by atoms with Crippen molar-refractivity contribution in [3.63, 3.8) is 0 Å². The number of amides is 1. The van der Waals surface area contributed by atoms with E-state index in [0.29, 0.717) is 6.54 Å². The molecular weight excluding hydrogens is 278 g/mol. The molecule has 0 aliphatic carbocycles. The minimum atomic E-state index is -4.19. The van der Waals surface area contributed by atoms with Crippen LogP contribution in [0.4, 0.5) is 28.9 Å². The van der Waals surface area contributed by atoms with Crippen molar-refractivity contribution in [3.05, 3.63) is 23.8 Å². The second-order valence-corrected chi connectivity index (χ2v) is 4.08. The van der Waals surface area contributed by atoms with Gasteiger partial charge in [-0.25, -0.2) is 8.78 Å². The first-order valence-electron chi connectivity index (χ1n) is 5.85. The van der Waals surface area contributed by atoms with E-state index in [-0.39, 0.29) is 16.9 Å². The molecule has 0 heterocycles. The maximum Gasteiger partial charge on any atom is 0.324 e. The van der Waals surface area contributed by atoms with Crippen molar-refractivity contribution < 1.29 is 22.4 Å². The fraction of sp³-hybridized carbons (Fsp3) is 0.417. The van der Waals surface area contributed by atoms with Crippen LogP contribution in [0.15, 0.2) is 18.2 Å². The molecule has 1 aromatic rings. The number of rotatable bonds is 6. The zero-order chi connectivity index (χ0) is 15.3. The highest BCUT2D eigenvalue weighted by atomic mass is 19.3. The number of anilines is 2. The Kier molecular flexibility index (Phi) is 5.18. The van der Waals surface area contributed by atoms with Crippen LogP contribution in [0, 0.1) is 0 Å². The number of nitrogens with one attached hydrogen (secondary N) is 2. The Morgan fingerprint density at radius 3 is 2.60 bits per heavy atom. The smallest absolute Gasteiger partial charge is 0.324 e. The fourth-order valence-corrected chi connectivity index (χ4v) is 1.45. The third-order valence-electron chi connectivity index (χ3n) is 2.46. The summed E-state index contributed by atoms with van der Waals surface area (Å²) in [6.45, 7) is 0.740. The van der Waals surface area contributed by atoms with E-state index in [2.05, 4.69) is 10.6 Å². The first-order valence-corrected chi connectivity index (χ1v) is 5.85. The molecule has 1 amide bonds. The zero-order valence-corrected chi connectivity index (χ0v) is 10.7. The number of nitrogens with two attached hydrogens (primary N) is 1. The summed E-state index contributed by atoms with van der Waals surface area (Å²) >= 11 is 0. The standard InChI is InChI=1S/C12H15F4N3O/c1-2-18-10(20)8-4-3-7(17)5-9(8)19-6-12(15,16)11(13)14/h3-5,11,19H,2,6,17H2,1H3,(H,18,20). The molecule has 1 rings (SSSR count). The van der Waals surface area contributed by atoms with Gasteiger partial charge in [0.15, 0.2) is 0 Å². The summed E-state index contributed by atoms with van der Waals surface area (Å²) in [6, 6.07) is 4.00. The Morgan fingerprint density at radius 2 is 2.05 bits per heavy atom. The number of halogens is 4. The summed E-state index contributed by atoms with van der Waals surface area (Å²) in [6.07, 6.45) is -3.79. The summed E-state index contributed by atoms with van der Waals surface area (Å²) in [5.41, 5.74) is 5.76. The van der Waals surface area contributed by atoms with Gasteiger partial charge in [0.1, 0.15) is 0 Å². The second-order valence-electron chi connectivity index (χ2n) is 4.08. The number of alkyl halides is 4. The monoisotopic (exact) mass is 293 g/mol. The minimum Gasteiger partial charge on any atom is -0.399 e. The van der Waals surface area contributed by atoms with Crippen molar-refractivity contribution in [2.24, 2.45) is 0 Å². The fourth-order valence-electron chi connectivity index (χ4n) is 1.45. The molecule has 0 saturated heterocycles. The number of benzene rings is 1. The Hall–Kier alpha value is -1.99. The molecule has 0 atom stereocenters. The van der Waals surface area contributed by atoms with Crippen molar-refractivity contribution in [3.8, 4) is 0 Å². The van der Waals surface area contributed by atoms with Crippen LogP contribution in [0.5, 0.6) is 0 Å². The maximum absolute atomic E-state index is 12.9. The molecule has 0 spiro atoms. The lowest BCUT2D eigenvalue weighted by molar-refractivity contribution is -0.117. The Morgan fingerprint density at radius 1 is 1.40 bits per heavy atom. The molecule has 0 aliphatic rings. The van der Waals surface area contributed by atoms with Gasteiger partial charge in [0.2, 0.25) is 0 Å². The van der Waals surface area contributed by atoms with Gasteiger partial charge in [-0.05, 0) is 25.1 Å². The van der Waals surface area contributed by atoms with Gasteiger partial charge in [-0.3, -0.25) is 4.79 Å². The van der Waals surface area contributed by atoms with E-state index >= 15 is 0 Å². The molecule has 20 heavy (non-hydrogen) atoms. The van der Waals surface area contributed by atoms with Crippen molar-refractivity contribution in [2.75, 3.05) is 24.1 Å². The molecular formula is C12H15F4N3O. The van der Waals surface area contributed by atoms with Gasteiger partial charge in [0, 0.05) is 17.9 Å². The molecule has 0 radical (unpaired) electrons. The molecule has 112 valence electrons. The van der Waals surface area contributed by atoms with Crippen molar-refractivity contribution in [2.45, 2.75) is 19.3 Å². The average Bonchev–Trinajstić information content (AvgIpc) is 2.36. The molecule has 1 aromatic carbocycles. The number of hydrogen-bond acceptors (Lipinski definition) is 3. The molecule has 0 fully saturated rings. The molecule has 0 bridgehead atoms. The van der Waals surface area contributed by atoms with Crippen LogP contribution in [0.1, 0.15) is 17.3 Å². The van der Waals surface area contributed by atoms with Gasteiger partial charge in [-0.2, -0.15) is 8.78 Å². The van der Waals surface area contributed by atoms with Gasteiger partial charge in [0.05, 0.1) is 12.1 Å². The van der Waals surface area contributed by atoms with Crippen LogP contribution >= 0.6 is 0 Å². The molecule has 4 nitrogen and oxygen atoms in total. The van der Waals surface area contributed by atoms with Crippen molar-refractivity contribution in [1.29, 1.82) is 0 Å².